The lowest BCUT2D eigenvalue weighted by atomic mass is 9.96. The van der Waals surface area contributed by atoms with Crippen molar-refractivity contribution in [2.75, 3.05) is 13.2 Å². The molecule has 6 N–H and O–H groups in total. The highest BCUT2D eigenvalue weighted by molar-refractivity contribution is 5.94. The van der Waals surface area contributed by atoms with E-state index in [9.17, 15) is 39.0 Å². The van der Waals surface area contributed by atoms with Crippen molar-refractivity contribution in [2.45, 2.75) is 50.0 Å². The third-order valence-corrected chi connectivity index (χ3v) is 4.41. The lowest BCUT2D eigenvalue weighted by molar-refractivity contribution is -0.185. The maximum atomic E-state index is 12.1. The highest BCUT2D eigenvalue weighted by atomic mass is 16.5. The van der Waals surface area contributed by atoms with E-state index in [-0.39, 0.29) is 19.4 Å². The number of nitrogens with zero attached hydrogens (tertiary/aromatic N) is 1. The number of ether oxygens (including phenoxy) is 1. The number of esters is 1. The van der Waals surface area contributed by atoms with E-state index in [0.717, 1.165) is 0 Å². The number of aliphatic hydroxyl groups is 2. The average molecular weight is 434 g/mol. The number of amides is 2. The zero-order chi connectivity index (χ0) is 23.3. The first-order valence-corrected chi connectivity index (χ1v) is 8.63. The molecule has 2 amide bonds. The van der Waals surface area contributed by atoms with Gasteiger partial charge in [0.25, 0.3) is 0 Å². The summed E-state index contributed by atoms with van der Waals surface area (Å²) in [5.74, 6) is -8.08. The van der Waals surface area contributed by atoms with Crippen molar-refractivity contribution < 1.29 is 59.0 Å². The van der Waals surface area contributed by atoms with E-state index >= 15 is 0 Å². The van der Waals surface area contributed by atoms with Gasteiger partial charge >= 0.3 is 23.9 Å². The van der Waals surface area contributed by atoms with Crippen LogP contribution in [0.4, 0.5) is 0 Å². The van der Waals surface area contributed by atoms with Crippen molar-refractivity contribution in [3.8, 4) is 0 Å². The van der Waals surface area contributed by atoms with Crippen LogP contribution in [0.2, 0.25) is 0 Å². The first-order valence-electron chi connectivity index (χ1n) is 8.63. The minimum Gasteiger partial charge on any atom is -0.481 e. The van der Waals surface area contributed by atoms with Crippen LogP contribution in [-0.4, -0.2) is 96.6 Å². The zero-order valence-electron chi connectivity index (χ0n) is 15.9. The van der Waals surface area contributed by atoms with E-state index in [2.05, 4.69) is 10.1 Å². The van der Waals surface area contributed by atoms with Crippen LogP contribution in [0.1, 0.15) is 32.6 Å². The number of rotatable bonds is 11. The molecule has 30 heavy (non-hydrogen) atoms. The quantitative estimate of drug-likeness (QED) is 0.142. The van der Waals surface area contributed by atoms with Crippen LogP contribution in [-0.2, 0) is 33.5 Å². The van der Waals surface area contributed by atoms with Crippen molar-refractivity contribution in [1.82, 2.24) is 10.2 Å². The lowest BCUT2D eigenvalue weighted by Gasteiger charge is -2.33. The van der Waals surface area contributed by atoms with Gasteiger partial charge in [-0.25, -0.2) is 9.59 Å². The van der Waals surface area contributed by atoms with Crippen molar-refractivity contribution in [3.05, 3.63) is 0 Å². The maximum absolute atomic E-state index is 12.1. The topological polar surface area (TPSA) is 228 Å². The predicted molar refractivity (Wildman–Crippen MR) is 91.6 cm³/mol. The summed E-state index contributed by atoms with van der Waals surface area (Å²) in [5.41, 5.74) is -5.39. The summed E-state index contributed by atoms with van der Waals surface area (Å²) in [4.78, 5) is 69.0. The minimum atomic E-state index is -2.86. The highest BCUT2D eigenvalue weighted by Crippen LogP contribution is 2.30. The van der Waals surface area contributed by atoms with Gasteiger partial charge in [0.15, 0.2) is 5.60 Å². The van der Waals surface area contributed by atoms with Gasteiger partial charge in [-0.1, -0.05) is 0 Å². The number of aliphatic carboxylic acids is 3. The van der Waals surface area contributed by atoms with Crippen LogP contribution in [0, 0.1) is 0 Å². The first kappa shape index (κ1) is 24.8. The molecule has 14 nitrogen and oxygen atoms in total. The molecule has 3 unspecified atom stereocenters. The van der Waals surface area contributed by atoms with Crippen molar-refractivity contribution >= 4 is 35.7 Å². The molecule has 0 aliphatic carbocycles. The van der Waals surface area contributed by atoms with Crippen molar-refractivity contribution in [3.63, 3.8) is 0 Å². The summed E-state index contributed by atoms with van der Waals surface area (Å²) in [6.07, 6.45) is -3.03. The average Bonchev–Trinajstić information content (AvgIpc) is 2.93. The van der Waals surface area contributed by atoms with Gasteiger partial charge in [0.1, 0.15) is 12.6 Å². The van der Waals surface area contributed by atoms with Crippen LogP contribution >= 0.6 is 0 Å². The second kappa shape index (κ2) is 9.49. The van der Waals surface area contributed by atoms with Gasteiger partial charge in [0.2, 0.25) is 17.5 Å². The Hall–Kier alpha value is -3.26. The van der Waals surface area contributed by atoms with Crippen LogP contribution in [0.3, 0.4) is 0 Å². The molecule has 0 radical (unpaired) electrons. The Kier molecular flexibility index (Phi) is 7.84. The van der Waals surface area contributed by atoms with Gasteiger partial charge in [-0.2, -0.15) is 0 Å². The molecule has 1 fully saturated rings. The number of likely N-dealkylation sites (tertiary alicyclic amines) is 1. The monoisotopic (exact) mass is 434 g/mol. The van der Waals surface area contributed by atoms with E-state index in [1.807, 2.05) is 0 Å². The molecular weight excluding hydrogens is 412 g/mol. The van der Waals surface area contributed by atoms with Crippen LogP contribution in [0.25, 0.3) is 0 Å². The Balaban J connectivity index is 2.55. The molecule has 1 aliphatic rings. The van der Waals surface area contributed by atoms with Crippen LogP contribution in [0.15, 0.2) is 0 Å². The molecule has 1 saturated heterocycles. The van der Waals surface area contributed by atoms with Gasteiger partial charge in [0, 0.05) is 12.8 Å². The molecule has 3 atom stereocenters. The van der Waals surface area contributed by atoms with E-state index in [4.69, 9.17) is 15.3 Å². The van der Waals surface area contributed by atoms with E-state index in [1.165, 1.54) is 6.92 Å². The fourth-order valence-corrected chi connectivity index (χ4v) is 2.83. The number of carboxylic acid groups (broad SMARTS) is 3. The Morgan fingerprint density at radius 3 is 2.30 bits per heavy atom. The van der Waals surface area contributed by atoms with Crippen molar-refractivity contribution in [1.29, 1.82) is 0 Å². The highest BCUT2D eigenvalue weighted by Gasteiger charge is 2.53. The molecule has 14 heteroatoms. The molecule has 0 bridgehead atoms. The summed E-state index contributed by atoms with van der Waals surface area (Å²) >= 11 is 0. The molecule has 0 aromatic heterocycles. The van der Waals surface area contributed by atoms with E-state index in [1.54, 1.807) is 0 Å². The summed E-state index contributed by atoms with van der Waals surface area (Å²) in [6.45, 7) is 0.376. The first-order chi connectivity index (χ1) is 13.7. The number of nitrogens with one attached hydrogen (secondary N) is 1. The fraction of sp³-hybridized carbons (Fsp3) is 0.625. The Morgan fingerprint density at radius 1 is 1.20 bits per heavy atom. The van der Waals surface area contributed by atoms with E-state index < -0.39 is 72.5 Å². The largest absolute Gasteiger partial charge is 0.481 e. The molecule has 1 aliphatic heterocycles. The lowest BCUT2D eigenvalue weighted by Crippen LogP contribution is -2.59. The molecule has 0 saturated carbocycles. The van der Waals surface area contributed by atoms with Gasteiger partial charge in [-0.15, -0.1) is 0 Å². The summed E-state index contributed by atoms with van der Waals surface area (Å²) in [5, 5.41) is 48.7. The predicted octanol–water partition coefficient (Wildman–Crippen LogP) is -2.89. The van der Waals surface area contributed by atoms with Crippen LogP contribution in [0.5, 0.6) is 0 Å². The van der Waals surface area contributed by atoms with Gasteiger partial charge in [-0.3, -0.25) is 24.1 Å². The fourth-order valence-electron chi connectivity index (χ4n) is 2.83. The molecule has 1 rings (SSSR count). The normalized spacial score (nSPS) is 21.4. The number of hydrogen-bond acceptors (Lipinski definition) is 9. The Bertz CT molecular complexity index is 753. The number of carboxylic acids is 3. The number of carbonyl (C=O) groups excluding carboxylic acids is 3. The minimum absolute atomic E-state index is 0.263. The van der Waals surface area contributed by atoms with Gasteiger partial charge < -0.3 is 35.6 Å². The van der Waals surface area contributed by atoms with E-state index in [0.29, 0.717) is 4.90 Å². The molecule has 0 aromatic rings. The summed E-state index contributed by atoms with van der Waals surface area (Å²) in [7, 11) is 0. The summed E-state index contributed by atoms with van der Waals surface area (Å²) < 4.78 is 4.63. The molecule has 1 heterocycles. The molecular formula is C16H22N2O12. The van der Waals surface area contributed by atoms with Gasteiger partial charge in [-0.05, 0) is 6.92 Å². The summed E-state index contributed by atoms with van der Waals surface area (Å²) in [6, 6.07) is -1.36. The smallest absolute Gasteiger partial charge is 0.357 e. The standard InChI is InChI=1S/C16H22N2O12/c1-8(18-9(19)2-3-16(18,29)14(26)27)12(23)17-4-5-30-11(22)7-15(28,13(24)25)6-10(20)21/h8,28-29H,2-7H2,1H3,(H,17,23)(H,20,21)(H,24,25)(H,26,27). The second-order valence-electron chi connectivity index (χ2n) is 6.66. The van der Waals surface area contributed by atoms with Gasteiger partial charge in [0.05, 0.1) is 19.4 Å². The third-order valence-electron chi connectivity index (χ3n) is 4.41. The Morgan fingerprint density at radius 2 is 1.80 bits per heavy atom. The Labute approximate surface area is 169 Å². The maximum Gasteiger partial charge on any atom is 0.357 e. The van der Waals surface area contributed by atoms with Crippen molar-refractivity contribution in [2.24, 2.45) is 0 Å². The zero-order valence-corrected chi connectivity index (χ0v) is 15.9. The second-order valence-corrected chi connectivity index (χ2v) is 6.66. The molecule has 0 aromatic carbocycles. The third kappa shape index (κ3) is 5.64. The molecule has 0 spiro atoms. The number of hydrogen-bond donors (Lipinski definition) is 6. The number of carbonyl (C=O) groups is 6. The SMILES string of the molecule is CC(C(=O)NCCOC(=O)CC(O)(CC(=O)O)C(=O)O)N1C(=O)CCC1(O)C(=O)O. The molecule has 168 valence electrons. The van der Waals surface area contributed by atoms with Crippen LogP contribution < -0.4 is 5.32 Å².